The van der Waals surface area contributed by atoms with Crippen molar-refractivity contribution >= 4 is 6.09 Å². The zero-order valence-corrected chi connectivity index (χ0v) is 9.83. The summed E-state index contributed by atoms with van der Waals surface area (Å²) in [6.45, 7) is 1.84. The Morgan fingerprint density at radius 1 is 1.39 bits per heavy atom. The lowest BCUT2D eigenvalue weighted by Crippen LogP contribution is -2.26. The Labute approximate surface area is 103 Å². The summed E-state index contributed by atoms with van der Waals surface area (Å²) >= 11 is 0. The Bertz CT molecular complexity index is 586. The van der Waals surface area contributed by atoms with Gasteiger partial charge in [0.15, 0.2) is 5.82 Å². The first kappa shape index (κ1) is 12.1. The molecule has 0 saturated heterocycles. The minimum absolute atomic E-state index is 0.182. The summed E-state index contributed by atoms with van der Waals surface area (Å²) in [5.41, 5.74) is 0.920. The fraction of sp³-hybridized carbons (Fsp3) is 0.250. The van der Waals surface area contributed by atoms with Crippen LogP contribution in [-0.2, 0) is 11.2 Å². The molecular weight excluding hydrogens is 236 g/mol. The number of nitrogens with zero attached hydrogens (tertiary/aromatic N) is 2. The standard InChI is InChI=1S/C12H12N2O4/c1-2-17-11(15)14-10(13-18-12(14)16)8-9-6-4-3-5-7-9/h3-7H,2,8H2,1H3. The molecule has 0 saturated carbocycles. The fourth-order valence-electron chi connectivity index (χ4n) is 1.54. The topological polar surface area (TPSA) is 74.3 Å². The molecule has 0 aliphatic rings. The highest BCUT2D eigenvalue weighted by atomic mass is 16.6. The molecule has 2 aromatic rings. The molecule has 1 aromatic heterocycles. The van der Waals surface area contributed by atoms with E-state index in [1.54, 1.807) is 6.92 Å². The molecule has 6 heteroatoms. The molecule has 0 amide bonds. The summed E-state index contributed by atoms with van der Waals surface area (Å²) in [5.74, 6) is -0.607. The second kappa shape index (κ2) is 5.31. The highest BCUT2D eigenvalue weighted by molar-refractivity contribution is 5.70. The van der Waals surface area contributed by atoms with E-state index in [0.29, 0.717) is 6.42 Å². The average molecular weight is 248 g/mol. The summed E-state index contributed by atoms with van der Waals surface area (Å²) in [5, 5.41) is 3.59. The monoisotopic (exact) mass is 248 g/mol. The first-order valence-corrected chi connectivity index (χ1v) is 5.51. The van der Waals surface area contributed by atoms with Gasteiger partial charge in [-0.2, -0.15) is 4.57 Å². The van der Waals surface area contributed by atoms with E-state index in [1.807, 2.05) is 30.3 Å². The number of aromatic nitrogens is 2. The first-order chi connectivity index (χ1) is 8.72. The van der Waals surface area contributed by atoms with Gasteiger partial charge in [-0.1, -0.05) is 35.5 Å². The van der Waals surface area contributed by atoms with Gasteiger partial charge in [-0.25, -0.2) is 9.59 Å². The van der Waals surface area contributed by atoms with E-state index in [-0.39, 0.29) is 12.4 Å². The molecule has 1 heterocycles. The third kappa shape index (κ3) is 2.48. The van der Waals surface area contributed by atoms with Crippen molar-refractivity contribution in [2.75, 3.05) is 6.61 Å². The minimum Gasteiger partial charge on any atom is -0.449 e. The highest BCUT2D eigenvalue weighted by Crippen LogP contribution is 2.06. The van der Waals surface area contributed by atoms with Crippen molar-refractivity contribution in [3.8, 4) is 0 Å². The average Bonchev–Trinajstić information content (AvgIpc) is 2.72. The van der Waals surface area contributed by atoms with Crippen LogP contribution in [0.2, 0.25) is 0 Å². The van der Waals surface area contributed by atoms with Gasteiger partial charge in [0.25, 0.3) is 0 Å². The molecule has 0 N–H and O–H groups in total. The third-order valence-electron chi connectivity index (χ3n) is 2.33. The molecular formula is C12H12N2O4. The van der Waals surface area contributed by atoms with Crippen LogP contribution in [0.5, 0.6) is 0 Å². The highest BCUT2D eigenvalue weighted by Gasteiger charge is 2.18. The number of hydrogen-bond donors (Lipinski definition) is 0. The minimum atomic E-state index is -0.834. The van der Waals surface area contributed by atoms with Crippen molar-refractivity contribution in [3.63, 3.8) is 0 Å². The maximum Gasteiger partial charge on any atom is 0.451 e. The Morgan fingerprint density at radius 3 is 2.78 bits per heavy atom. The van der Waals surface area contributed by atoms with Gasteiger partial charge < -0.3 is 4.74 Å². The lowest BCUT2D eigenvalue weighted by Gasteiger charge is -2.03. The number of rotatable bonds is 3. The van der Waals surface area contributed by atoms with Gasteiger partial charge in [0.05, 0.1) is 6.61 Å². The molecule has 0 atom stereocenters. The number of hydrogen-bond acceptors (Lipinski definition) is 5. The Kier molecular flexibility index (Phi) is 3.57. The summed E-state index contributed by atoms with van der Waals surface area (Å²) in [6, 6.07) is 9.35. The number of carbonyl (C=O) groups excluding carboxylic acids is 1. The molecule has 0 spiro atoms. The van der Waals surface area contributed by atoms with Crippen LogP contribution in [-0.4, -0.2) is 22.4 Å². The Balaban J connectivity index is 2.29. The Morgan fingerprint density at radius 2 is 2.11 bits per heavy atom. The van der Waals surface area contributed by atoms with Gasteiger partial charge >= 0.3 is 11.8 Å². The van der Waals surface area contributed by atoms with E-state index in [0.717, 1.165) is 10.1 Å². The van der Waals surface area contributed by atoms with Crippen LogP contribution in [0.4, 0.5) is 4.79 Å². The maximum atomic E-state index is 11.6. The van der Waals surface area contributed by atoms with Gasteiger partial charge in [-0.15, -0.1) is 0 Å². The zero-order chi connectivity index (χ0) is 13.0. The smallest absolute Gasteiger partial charge is 0.449 e. The van der Waals surface area contributed by atoms with Crippen LogP contribution in [0, 0.1) is 0 Å². The van der Waals surface area contributed by atoms with Crippen molar-refractivity contribution < 1.29 is 14.1 Å². The number of carbonyl (C=O) groups is 1. The van der Waals surface area contributed by atoms with Crippen LogP contribution in [0.3, 0.4) is 0 Å². The quantitative estimate of drug-likeness (QED) is 0.821. The maximum absolute atomic E-state index is 11.6. The van der Waals surface area contributed by atoms with Crippen LogP contribution in [0.25, 0.3) is 0 Å². The van der Waals surface area contributed by atoms with Gasteiger partial charge in [0, 0.05) is 6.42 Å². The van der Waals surface area contributed by atoms with Crippen molar-refractivity contribution in [2.45, 2.75) is 13.3 Å². The third-order valence-corrected chi connectivity index (χ3v) is 2.33. The van der Waals surface area contributed by atoms with Crippen LogP contribution < -0.4 is 5.76 Å². The van der Waals surface area contributed by atoms with E-state index in [9.17, 15) is 9.59 Å². The van der Waals surface area contributed by atoms with Crippen LogP contribution >= 0.6 is 0 Å². The van der Waals surface area contributed by atoms with Crippen molar-refractivity contribution in [3.05, 3.63) is 52.3 Å². The summed E-state index contributed by atoms with van der Waals surface area (Å²) in [6.07, 6.45) is -0.444. The second-order valence-corrected chi connectivity index (χ2v) is 3.56. The molecule has 0 aliphatic carbocycles. The van der Waals surface area contributed by atoms with E-state index in [1.165, 1.54) is 0 Å². The van der Waals surface area contributed by atoms with Crippen molar-refractivity contribution in [1.29, 1.82) is 0 Å². The molecule has 1 aromatic carbocycles. The van der Waals surface area contributed by atoms with Gasteiger partial charge in [0.2, 0.25) is 0 Å². The van der Waals surface area contributed by atoms with Crippen molar-refractivity contribution in [2.24, 2.45) is 0 Å². The molecule has 0 unspecified atom stereocenters. The normalized spacial score (nSPS) is 10.3. The predicted octanol–water partition coefficient (Wildman–Crippen LogP) is 1.43. The number of ether oxygens (including phenoxy) is 1. The zero-order valence-electron chi connectivity index (χ0n) is 9.83. The summed E-state index contributed by atoms with van der Waals surface area (Å²) < 4.78 is 10.1. The molecule has 0 aliphatic heterocycles. The molecule has 6 nitrogen and oxygen atoms in total. The molecule has 0 radical (unpaired) electrons. The molecule has 0 bridgehead atoms. The lowest BCUT2D eigenvalue weighted by molar-refractivity contribution is 0.151. The molecule has 2 rings (SSSR count). The SMILES string of the molecule is CCOC(=O)n1c(Cc2ccccc2)noc1=O. The summed E-state index contributed by atoms with van der Waals surface area (Å²) in [4.78, 5) is 23.0. The van der Waals surface area contributed by atoms with E-state index >= 15 is 0 Å². The second-order valence-electron chi connectivity index (χ2n) is 3.56. The van der Waals surface area contributed by atoms with Crippen molar-refractivity contribution in [1.82, 2.24) is 9.72 Å². The summed E-state index contributed by atoms with van der Waals surface area (Å²) in [7, 11) is 0. The van der Waals surface area contributed by atoms with E-state index < -0.39 is 11.8 Å². The van der Waals surface area contributed by atoms with Crippen LogP contribution in [0.15, 0.2) is 39.6 Å². The first-order valence-electron chi connectivity index (χ1n) is 5.51. The van der Waals surface area contributed by atoms with E-state index in [4.69, 9.17) is 4.74 Å². The fourth-order valence-corrected chi connectivity index (χ4v) is 1.54. The number of benzene rings is 1. The largest absolute Gasteiger partial charge is 0.451 e. The van der Waals surface area contributed by atoms with Gasteiger partial charge in [0.1, 0.15) is 0 Å². The Hall–Kier alpha value is -2.37. The predicted molar refractivity (Wildman–Crippen MR) is 62.4 cm³/mol. The molecule has 94 valence electrons. The van der Waals surface area contributed by atoms with E-state index in [2.05, 4.69) is 9.68 Å². The van der Waals surface area contributed by atoms with Crippen LogP contribution in [0.1, 0.15) is 18.3 Å². The lowest BCUT2D eigenvalue weighted by atomic mass is 10.1. The van der Waals surface area contributed by atoms with Gasteiger partial charge in [-0.05, 0) is 12.5 Å². The molecule has 0 fully saturated rings. The molecule has 18 heavy (non-hydrogen) atoms. The van der Waals surface area contributed by atoms with Gasteiger partial charge in [-0.3, -0.25) is 4.52 Å².